The maximum absolute atomic E-state index is 2.69. The van der Waals surface area contributed by atoms with Crippen LogP contribution in [0.25, 0.3) is 69.8 Å². The Morgan fingerprint density at radius 3 is 2.00 bits per heavy atom. The molecule has 0 amide bonds. The van der Waals surface area contributed by atoms with E-state index in [9.17, 15) is 0 Å². The van der Waals surface area contributed by atoms with Crippen LogP contribution in [0.3, 0.4) is 0 Å². The third-order valence-corrected chi connectivity index (χ3v) is 12.0. The number of anilines is 3. The van der Waals surface area contributed by atoms with E-state index in [1.165, 1.54) is 80.8 Å². The summed E-state index contributed by atoms with van der Waals surface area (Å²) in [6.45, 7) is 0.0458. The van der Waals surface area contributed by atoms with Crippen molar-refractivity contribution in [3.63, 3.8) is 0 Å². The molecule has 0 fully saturated rings. The minimum Gasteiger partial charge on any atom is -0.367 e. The monoisotopic (exact) mass is 639 g/mol. The Labute approximate surface area is 286 Å². The molecule has 5 heteroatoms. The molecule has 226 valence electrons. The molecule has 10 aromatic rings. The largest absolute Gasteiger partial charge is 0.367 e. The van der Waals surface area contributed by atoms with Crippen molar-refractivity contribution in [2.24, 2.45) is 0 Å². The van der Waals surface area contributed by atoms with Crippen LogP contribution in [0.2, 0.25) is 0 Å². The van der Waals surface area contributed by atoms with Crippen LogP contribution in [0.1, 0.15) is 0 Å². The third-order valence-electron chi connectivity index (χ3n) is 10.9. The van der Waals surface area contributed by atoms with Crippen molar-refractivity contribution < 1.29 is 0 Å². The second-order valence-corrected chi connectivity index (χ2v) is 14.3. The number of nitrogens with zero attached hydrogens (tertiary/aromatic N) is 3. The fourth-order valence-corrected chi connectivity index (χ4v) is 10.3. The topological polar surface area (TPSA) is 13.1 Å². The van der Waals surface area contributed by atoms with Gasteiger partial charge in [0.2, 0.25) is 0 Å². The summed E-state index contributed by atoms with van der Waals surface area (Å²) in [7, 11) is 0. The highest BCUT2D eigenvalue weighted by Crippen LogP contribution is 2.48. The van der Waals surface area contributed by atoms with Crippen LogP contribution >= 0.6 is 11.3 Å². The van der Waals surface area contributed by atoms with Crippen LogP contribution in [0.4, 0.5) is 17.1 Å². The van der Waals surface area contributed by atoms with Gasteiger partial charge >= 0.3 is 6.85 Å². The Balaban J connectivity index is 1.29. The predicted molar refractivity (Wildman–Crippen MR) is 210 cm³/mol. The van der Waals surface area contributed by atoms with E-state index in [0.29, 0.717) is 0 Å². The van der Waals surface area contributed by atoms with Gasteiger partial charge in [0, 0.05) is 65.5 Å². The Hall–Kier alpha value is -6.04. The van der Waals surface area contributed by atoms with Gasteiger partial charge < -0.3 is 13.9 Å². The lowest BCUT2D eigenvalue weighted by molar-refractivity contribution is 1.17. The van der Waals surface area contributed by atoms with Crippen LogP contribution in [0.5, 0.6) is 0 Å². The van der Waals surface area contributed by atoms with Crippen molar-refractivity contribution >= 4 is 99.2 Å². The number of fused-ring (bicyclic) bond motifs is 12. The molecule has 0 saturated heterocycles. The number of hydrogen-bond donors (Lipinski definition) is 0. The van der Waals surface area contributed by atoms with Gasteiger partial charge in [0.25, 0.3) is 0 Å². The average molecular weight is 640 g/mol. The highest BCUT2D eigenvalue weighted by atomic mass is 32.1. The van der Waals surface area contributed by atoms with Gasteiger partial charge in [-0.05, 0) is 65.0 Å². The Kier molecular flexibility index (Phi) is 4.94. The molecule has 0 aliphatic carbocycles. The summed E-state index contributed by atoms with van der Waals surface area (Å²) in [5, 5.41) is 6.66. The molecule has 2 aliphatic heterocycles. The van der Waals surface area contributed by atoms with Crippen molar-refractivity contribution in [2.45, 2.75) is 0 Å². The van der Waals surface area contributed by atoms with Gasteiger partial charge in [0.15, 0.2) is 0 Å². The maximum atomic E-state index is 2.69. The van der Waals surface area contributed by atoms with Gasteiger partial charge in [-0.3, -0.25) is 0 Å². The molecule has 0 spiro atoms. The van der Waals surface area contributed by atoms with Crippen molar-refractivity contribution in [1.82, 2.24) is 9.05 Å². The van der Waals surface area contributed by atoms with Crippen LogP contribution in [-0.4, -0.2) is 15.9 Å². The normalized spacial score (nSPS) is 12.9. The Bertz CT molecular complexity index is 2970. The van der Waals surface area contributed by atoms with Crippen LogP contribution in [0.15, 0.2) is 158 Å². The molecule has 0 atom stereocenters. The molecule has 0 saturated carbocycles. The number of thiophene rings is 1. The molecule has 0 unspecified atom stereocenters. The van der Waals surface area contributed by atoms with Crippen molar-refractivity contribution in [3.8, 4) is 16.8 Å². The summed E-state index contributed by atoms with van der Waals surface area (Å²) in [6, 6.07) is 58.2. The van der Waals surface area contributed by atoms with Gasteiger partial charge in [0.1, 0.15) is 0 Å². The van der Waals surface area contributed by atoms with Crippen LogP contribution < -0.4 is 15.8 Å². The molecule has 0 bridgehead atoms. The molecule has 5 heterocycles. The van der Waals surface area contributed by atoms with Crippen LogP contribution in [0, 0.1) is 0 Å². The molecule has 2 aliphatic rings. The Morgan fingerprint density at radius 2 is 1.18 bits per heavy atom. The number of hydrogen-bond acceptors (Lipinski definition) is 2. The maximum Gasteiger partial charge on any atom is 0.333 e. The minimum absolute atomic E-state index is 0.0458. The van der Waals surface area contributed by atoms with Crippen molar-refractivity contribution in [2.75, 3.05) is 4.90 Å². The lowest BCUT2D eigenvalue weighted by atomic mass is 9.45. The summed E-state index contributed by atoms with van der Waals surface area (Å²) >= 11 is 1.93. The first-order chi connectivity index (χ1) is 24.3. The zero-order chi connectivity index (χ0) is 31.8. The number of aromatic nitrogens is 2. The quantitative estimate of drug-likeness (QED) is 0.175. The first kappa shape index (κ1) is 26.0. The molecule has 3 nitrogen and oxygen atoms in total. The fraction of sp³-hybridized carbons (Fsp3) is 0. The molecule has 0 radical (unpaired) electrons. The molecular formula is C44H26BN3S. The van der Waals surface area contributed by atoms with E-state index in [-0.39, 0.29) is 6.85 Å². The van der Waals surface area contributed by atoms with E-state index in [1.54, 1.807) is 0 Å². The molecule has 49 heavy (non-hydrogen) atoms. The molecule has 12 rings (SSSR count). The fourth-order valence-electron chi connectivity index (χ4n) is 9.02. The summed E-state index contributed by atoms with van der Waals surface area (Å²) in [5.74, 6) is 0. The Morgan fingerprint density at radius 1 is 0.510 bits per heavy atom. The second-order valence-electron chi connectivity index (χ2n) is 13.3. The van der Waals surface area contributed by atoms with Crippen molar-refractivity contribution in [3.05, 3.63) is 158 Å². The molecule has 7 aromatic carbocycles. The lowest BCUT2D eigenvalue weighted by Crippen LogP contribution is -2.55. The summed E-state index contributed by atoms with van der Waals surface area (Å²) in [5.41, 5.74) is 13.9. The number of rotatable bonds is 3. The number of para-hydroxylation sites is 5. The average Bonchev–Trinajstić information content (AvgIpc) is 3.81. The smallest absolute Gasteiger partial charge is 0.333 e. The summed E-state index contributed by atoms with van der Waals surface area (Å²) in [4.78, 5) is 3.76. The van der Waals surface area contributed by atoms with Crippen LogP contribution in [-0.2, 0) is 0 Å². The summed E-state index contributed by atoms with van der Waals surface area (Å²) < 4.78 is 6.59. The zero-order valence-electron chi connectivity index (χ0n) is 26.3. The van der Waals surface area contributed by atoms with Gasteiger partial charge in [-0.1, -0.05) is 109 Å². The second kappa shape index (κ2) is 9.31. The van der Waals surface area contributed by atoms with E-state index in [0.717, 1.165) is 17.1 Å². The summed E-state index contributed by atoms with van der Waals surface area (Å²) in [6.07, 6.45) is 0. The third kappa shape index (κ3) is 3.23. The lowest BCUT2D eigenvalue weighted by Gasteiger charge is -2.35. The van der Waals surface area contributed by atoms with Gasteiger partial charge in [0.05, 0.1) is 15.9 Å². The molecule has 0 N–H and O–H groups in total. The zero-order valence-corrected chi connectivity index (χ0v) is 27.2. The molecular weight excluding hydrogens is 613 g/mol. The SMILES string of the molecule is c1ccc(N(c2ccccc2)c2cc3c4c(c2)-n2c5ccccc5c5cccc(c52)B4n2c4sc5ccccc5c4c4cccc-3c42)cc1. The van der Waals surface area contributed by atoms with E-state index >= 15 is 0 Å². The van der Waals surface area contributed by atoms with E-state index in [2.05, 4.69) is 172 Å². The van der Waals surface area contributed by atoms with E-state index < -0.39 is 0 Å². The van der Waals surface area contributed by atoms with E-state index in [4.69, 9.17) is 0 Å². The number of benzene rings is 7. The first-order valence-electron chi connectivity index (χ1n) is 16.9. The minimum atomic E-state index is 0.0458. The highest BCUT2D eigenvalue weighted by molar-refractivity contribution is 7.26. The van der Waals surface area contributed by atoms with Gasteiger partial charge in [-0.15, -0.1) is 11.3 Å². The van der Waals surface area contributed by atoms with Crippen molar-refractivity contribution in [1.29, 1.82) is 0 Å². The first-order valence-corrected chi connectivity index (χ1v) is 17.7. The standard InChI is InChI=1S/C44H26BN3S/c1-3-13-27(14-4-1)46(28-15-5-2-6-16-28)29-25-35-32-19-11-21-34-40-33-18-8-10-24-39(33)49-44(40)48(42(32)34)45-36-22-12-20-31-30-17-7-9-23-37(30)47(43(31)36)38(26-29)41(35)45/h1-26H. The molecule has 3 aromatic heterocycles. The highest BCUT2D eigenvalue weighted by Gasteiger charge is 2.42. The van der Waals surface area contributed by atoms with Gasteiger partial charge in [-0.2, -0.15) is 0 Å². The van der Waals surface area contributed by atoms with E-state index in [1.807, 2.05) is 11.3 Å². The van der Waals surface area contributed by atoms with Gasteiger partial charge in [-0.25, -0.2) is 0 Å². The predicted octanol–water partition coefficient (Wildman–Crippen LogP) is 10.5.